The van der Waals surface area contributed by atoms with Crippen molar-refractivity contribution in [3.63, 3.8) is 0 Å². The van der Waals surface area contributed by atoms with Crippen molar-refractivity contribution < 1.29 is 31.1 Å². The summed E-state index contributed by atoms with van der Waals surface area (Å²) in [6.45, 7) is 0. The second kappa shape index (κ2) is 4.71. The fourth-order valence-corrected chi connectivity index (χ4v) is 1.25. The van der Waals surface area contributed by atoms with Gasteiger partial charge in [-0.1, -0.05) is 0 Å². The molecule has 0 aliphatic heterocycles. The van der Waals surface area contributed by atoms with E-state index in [1.54, 1.807) is 0 Å². The van der Waals surface area contributed by atoms with Crippen LogP contribution in [0.2, 0.25) is 0 Å². The van der Waals surface area contributed by atoms with E-state index in [4.69, 9.17) is 0 Å². The van der Waals surface area contributed by atoms with Crippen LogP contribution in [0.4, 0.5) is 26.3 Å². The Morgan fingerprint density at radius 1 is 1.12 bits per heavy atom. The highest BCUT2D eigenvalue weighted by Crippen LogP contribution is 2.37. The van der Waals surface area contributed by atoms with Crippen molar-refractivity contribution >= 4 is 15.9 Å². The van der Waals surface area contributed by atoms with E-state index in [1.807, 2.05) is 0 Å². The molecule has 0 atom stereocenters. The molecule has 0 saturated heterocycles. The first kappa shape index (κ1) is 14.1. The molecule has 0 fully saturated rings. The number of alkyl halides is 6. The average molecular weight is 324 g/mol. The minimum atomic E-state index is -5.54. The van der Waals surface area contributed by atoms with Gasteiger partial charge in [0.15, 0.2) is 0 Å². The van der Waals surface area contributed by atoms with E-state index in [2.05, 4.69) is 25.7 Å². The van der Waals surface area contributed by atoms with Gasteiger partial charge in [-0.3, -0.25) is 4.98 Å². The normalized spacial score (nSPS) is 12.9. The van der Waals surface area contributed by atoms with Crippen LogP contribution in [-0.2, 0) is 0 Å². The van der Waals surface area contributed by atoms with Crippen molar-refractivity contribution in [3.05, 3.63) is 22.9 Å². The summed E-state index contributed by atoms with van der Waals surface area (Å²) in [4.78, 5) is 3.49. The number of rotatable bonds is 2. The molecule has 0 N–H and O–H groups in total. The summed E-state index contributed by atoms with van der Waals surface area (Å²) in [6, 6.07) is 0.897. The Bertz CT molecular complexity index is 376. The SMILES string of the molecule is FC(F)(F)C(Oc1ccncc1Br)C(F)(F)F. The molecule has 0 saturated carbocycles. The molecule has 1 heterocycles. The number of pyridine rings is 1. The van der Waals surface area contributed by atoms with Crippen LogP contribution in [-0.4, -0.2) is 23.4 Å². The topological polar surface area (TPSA) is 22.1 Å². The minimum absolute atomic E-state index is 0.0986. The quantitative estimate of drug-likeness (QED) is 0.774. The van der Waals surface area contributed by atoms with Gasteiger partial charge in [0.25, 0.3) is 6.10 Å². The van der Waals surface area contributed by atoms with Gasteiger partial charge in [0.05, 0.1) is 4.47 Å². The number of hydrogen-bond donors (Lipinski definition) is 0. The molecule has 96 valence electrons. The maximum absolute atomic E-state index is 12.2. The Labute approximate surface area is 99.7 Å². The number of hydrogen-bond acceptors (Lipinski definition) is 2. The van der Waals surface area contributed by atoms with E-state index >= 15 is 0 Å². The van der Waals surface area contributed by atoms with Crippen LogP contribution in [0.3, 0.4) is 0 Å². The third kappa shape index (κ3) is 3.76. The van der Waals surface area contributed by atoms with Crippen LogP contribution in [0.5, 0.6) is 5.75 Å². The third-order valence-corrected chi connectivity index (χ3v) is 2.17. The zero-order valence-electron chi connectivity index (χ0n) is 7.81. The summed E-state index contributed by atoms with van der Waals surface area (Å²) in [6.07, 6.45) is -12.9. The molecule has 0 aliphatic rings. The molecule has 0 spiro atoms. The van der Waals surface area contributed by atoms with Crippen LogP contribution in [0, 0.1) is 0 Å². The average Bonchev–Trinajstić information content (AvgIpc) is 2.12. The van der Waals surface area contributed by atoms with Gasteiger partial charge in [-0.05, 0) is 22.0 Å². The van der Waals surface area contributed by atoms with Gasteiger partial charge >= 0.3 is 12.4 Å². The fraction of sp³-hybridized carbons (Fsp3) is 0.375. The Morgan fingerprint density at radius 3 is 2.06 bits per heavy atom. The lowest BCUT2D eigenvalue weighted by atomic mass is 10.3. The standard InChI is InChI=1S/C8H4BrF6NO/c9-4-3-16-2-1-5(4)17-6(7(10,11)12)8(13,14)15/h1-3,6H. The molecule has 0 amide bonds. The van der Waals surface area contributed by atoms with Crippen molar-refractivity contribution in [1.29, 1.82) is 0 Å². The number of aromatic nitrogens is 1. The van der Waals surface area contributed by atoms with Crippen LogP contribution in [0.25, 0.3) is 0 Å². The molecule has 1 aromatic heterocycles. The molecule has 0 bridgehead atoms. The van der Waals surface area contributed by atoms with Gasteiger partial charge in [-0.25, -0.2) is 0 Å². The van der Waals surface area contributed by atoms with Gasteiger partial charge in [-0.15, -0.1) is 0 Å². The van der Waals surface area contributed by atoms with Gasteiger partial charge in [-0.2, -0.15) is 26.3 Å². The van der Waals surface area contributed by atoms with E-state index in [0.717, 1.165) is 18.5 Å². The van der Waals surface area contributed by atoms with Crippen LogP contribution in [0.1, 0.15) is 0 Å². The molecule has 0 radical (unpaired) electrons. The van der Waals surface area contributed by atoms with Gasteiger partial charge in [0, 0.05) is 12.4 Å². The summed E-state index contributed by atoms with van der Waals surface area (Å²) < 4.78 is 76.8. The number of halogens is 7. The molecule has 1 aromatic rings. The van der Waals surface area contributed by atoms with Crippen LogP contribution >= 0.6 is 15.9 Å². The monoisotopic (exact) mass is 323 g/mol. The van der Waals surface area contributed by atoms with Crippen molar-refractivity contribution in [2.45, 2.75) is 18.5 Å². The second-order valence-corrected chi connectivity index (χ2v) is 3.74. The lowest BCUT2D eigenvalue weighted by molar-refractivity contribution is -0.300. The zero-order chi connectivity index (χ0) is 13.3. The lowest BCUT2D eigenvalue weighted by Crippen LogP contribution is -2.46. The summed E-state index contributed by atoms with van der Waals surface area (Å²) in [5, 5.41) is 0. The number of ether oxygens (including phenoxy) is 1. The molecule has 0 unspecified atom stereocenters. The van der Waals surface area contributed by atoms with Crippen molar-refractivity contribution in [2.75, 3.05) is 0 Å². The maximum Gasteiger partial charge on any atom is 0.434 e. The Hall–Kier alpha value is -0.990. The Kier molecular flexibility index (Phi) is 3.90. The van der Waals surface area contributed by atoms with E-state index in [-0.39, 0.29) is 4.47 Å². The van der Waals surface area contributed by atoms with E-state index in [1.165, 1.54) is 0 Å². The third-order valence-electron chi connectivity index (χ3n) is 1.57. The summed E-state index contributed by atoms with van der Waals surface area (Å²) in [5.41, 5.74) is 0. The molecular weight excluding hydrogens is 320 g/mol. The van der Waals surface area contributed by atoms with Crippen molar-refractivity contribution in [1.82, 2.24) is 4.98 Å². The maximum atomic E-state index is 12.2. The van der Waals surface area contributed by atoms with E-state index in [0.29, 0.717) is 0 Å². The Morgan fingerprint density at radius 2 is 1.65 bits per heavy atom. The second-order valence-electron chi connectivity index (χ2n) is 2.89. The van der Waals surface area contributed by atoms with Crippen molar-refractivity contribution in [3.8, 4) is 5.75 Å². The summed E-state index contributed by atoms with van der Waals surface area (Å²) in [7, 11) is 0. The first-order valence-electron chi connectivity index (χ1n) is 4.02. The largest absolute Gasteiger partial charge is 0.470 e. The lowest BCUT2D eigenvalue weighted by Gasteiger charge is -2.24. The van der Waals surface area contributed by atoms with Gasteiger partial charge in [0.1, 0.15) is 5.75 Å². The van der Waals surface area contributed by atoms with Gasteiger partial charge < -0.3 is 4.74 Å². The molecule has 17 heavy (non-hydrogen) atoms. The first-order chi connectivity index (χ1) is 7.62. The molecule has 0 aromatic carbocycles. The minimum Gasteiger partial charge on any atom is -0.470 e. The fourth-order valence-electron chi connectivity index (χ4n) is 0.904. The first-order valence-corrected chi connectivity index (χ1v) is 4.81. The van der Waals surface area contributed by atoms with Gasteiger partial charge in [0.2, 0.25) is 0 Å². The van der Waals surface area contributed by atoms with Crippen molar-refractivity contribution in [2.24, 2.45) is 0 Å². The summed E-state index contributed by atoms with van der Waals surface area (Å²) in [5.74, 6) is -0.584. The molecular formula is C8H4BrF6NO. The van der Waals surface area contributed by atoms with E-state index in [9.17, 15) is 26.3 Å². The highest BCUT2D eigenvalue weighted by atomic mass is 79.9. The molecule has 1 rings (SSSR count). The van der Waals surface area contributed by atoms with Crippen LogP contribution in [0.15, 0.2) is 22.9 Å². The molecule has 9 heteroatoms. The highest BCUT2D eigenvalue weighted by molar-refractivity contribution is 9.10. The molecule has 0 aliphatic carbocycles. The highest BCUT2D eigenvalue weighted by Gasteiger charge is 2.59. The van der Waals surface area contributed by atoms with Crippen LogP contribution < -0.4 is 4.74 Å². The zero-order valence-corrected chi connectivity index (χ0v) is 9.40. The number of nitrogens with zero attached hydrogens (tertiary/aromatic N) is 1. The van der Waals surface area contributed by atoms with E-state index < -0.39 is 24.2 Å². The smallest absolute Gasteiger partial charge is 0.434 e. The predicted molar refractivity (Wildman–Crippen MR) is 48.5 cm³/mol. The Balaban J connectivity index is 3.00. The molecule has 2 nitrogen and oxygen atoms in total. The predicted octanol–water partition coefficient (Wildman–Crippen LogP) is 3.72. The summed E-state index contributed by atoms with van der Waals surface area (Å²) >= 11 is 2.74.